The van der Waals surface area contributed by atoms with Crippen LogP contribution >= 0.6 is 45.2 Å². The van der Waals surface area contributed by atoms with Crippen LogP contribution in [0.2, 0.25) is 0 Å². The van der Waals surface area contributed by atoms with Crippen molar-refractivity contribution in [3.63, 3.8) is 0 Å². The fraction of sp³-hybridized carbons (Fsp3) is 0.318. The Balaban J connectivity index is 2.21. The van der Waals surface area contributed by atoms with Gasteiger partial charge < -0.3 is 15.7 Å². The van der Waals surface area contributed by atoms with E-state index in [4.69, 9.17) is 5.26 Å². The predicted molar refractivity (Wildman–Crippen MR) is 132 cm³/mol. The molecule has 6 nitrogen and oxygen atoms in total. The number of rotatable bonds is 6. The second-order valence-electron chi connectivity index (χ2n) is 7.80. The smallest absolute Gasteiger partial charge is 0.251 e. The van der Waals surface area contributed by atoms with Gasteiger partial charge in [-0.1, -0.05) is 32.9 Å². The minimum atomic E-state index is -0.696. The van der Waals surface area contributed by atoms with Gasteiger partial charge in [-0.3, -0.25) is 9.59 Å². The lowest BCUT2D eigenvalue weighted by Crippen LogP contribution is -2.37. The number of halogens is 2. The third kappa shape index (κ3) is 6.31. The van der Waals surface area contributed by atoms with E-state index in [2.05, 4.69) is 31.4 Å². The van der Waals surface area contributed by atoms with Gasteiger partial charge in [0.05, 0.1) is 19.1 Å². The summed E-state index contributed by atoms with van der Waals surface area (Å²) in [6, 6.07) is 12.7. The predicted octanol–water partition coefficient (Wildman–Crippen LogP) is 4.05. The topological polar surface area (TPSA) is 102 Å². The lowest BCUT2D eigenvalue weighted by atomic mass is 9.86. The third-order valence-electron chi connectivity index (χ3n) is 4.58. The molecule has 0 saturated heterocycles. The molecule has 1 atom stereocenters. The lowest BCUT2D eigenvalue weighted by Gasteiger charge is -2.20. The van der Waals surface area contributed by atoms with E-state index >= 15 is 0 Å². The van der Waals surface area contributed by atoms with E-state index in [9.17, 15) is 14.7 Å². The molecule has 0 aliphatic heterocycles. The lowest BCUT2D eigenvalue weighted by molar-refractivity contribution is -0.122. The molecule has 0 bridgehead atoms. The van der Waals surface area contributed by atoms with Crippen LogP contribution in [0.4, 0.5) is 0 Å². The Morgan fingerprint density at radius 3 is 2.17 bits per heavy atom. The van der Waals surface area contributed by atoms with Crippen molar-refractivity contribution in [1.29, 1.82) is 5.26 Å². The number of hydrogen-bond donors (Lipinski definition) is 3. The summed E-state index contributed by atoms with van der Waals surface area (Å²) in [5.41, 5.74) is 2.28. The fourth-order valence-corrected chi connectivity index (χ4v) is 4.63. The first kappa shape index (κ1) is 24.4. The summed E-state index contributed by atoms with van der Waals surface area (Å²) in [4.78, 5) is 25.3. The summed E-state index contributed by atoms with van der Waals surface area (Å²) in [6.07, 6.45) is 0. The van der Waals surface area contributed by atoms with Crippen LogP contribution < -0.4 is 10.6 Å². The molecule has 0 spiro atoms. The maximum Gasteiger partial charge on any atom is 0.251 e. The number of phenolic OH excluding ortho intramolecular Hbond substituents is 1. The Morgan fingerprint density at radius 1 is 1.10 bits per heavy atom. The Labute approximate surface area is 203 Å². The van der Waals surface area contributed by atoms with Crippen molar-refractivity contribution >= 4 is 57.0 Å². The number of hydrogen-bond acceptors (Lipinski definition) is 4. The molecule has 2 amide bonds. The maximum absolute atomic E-state index is 12.6. The molecule has 0 fully saturated rings. The quantitative estimate of drug-likeness (QED) is 0.331. The fourth-order valence-electron chi connectivity index (χ4n) is 2.82. The molecule has 2 aromatic rings. The molecular weight excluding hydrogens is 608 g/mol. The molecular formula is C22H23I2N3O3. The van der Waals surface area contributed by atoms with Gasteiger partial charge in [0.25, 0.3) is 5.91 Å². The highest BCUT2D eigenvalue weighted by atomic mass is 127. The van der Waals surface area contributed by atoms with Gasteiger partial charge in [-0.05, 0) is 86.0 Å². The number of carbonyl (C=O) groups excluding carboxylic acids is 2. The molecule has 8 heteroatoms. The van der Waals surface area contributed by atoms with Gasteiger partial charge >= 0.3 is 0 Å². The largest absolute Gasteiger partial charge is 0.506 e. The molecule has 0 saturated carbocycles. The van der Waals surface area contributed by atoms with E-state index in [0.29, 0.717) is 18.3 Å². The number of nitriles is 1. The Morgan fingerprint density at radius 2 is 1.67 bits per heavy atom. The van der Waals surface area contributed by atoms with Crippen molar-refractivity contribution in [2.24, 2.45) is 0 Å². The molecule has 3 N–H and O–H groups in total. The molecule has 0 heterocycles. The molecule has 158 valence electrons. The van der Waals surface area contributed by atoms with Gasteiger partial charge in [0.15, 0.2) is 0 Å². The van der Waals surface area contributed by atoms with Gasteiger partial charge in [-0.15, -0.1) is 0 Å². The van der Waals surface area contributed by atoms with Crippen LogP contribution in [0.1, 0.15) is 48.2 Å². The van der Waals surface area contributed by atoms with Crippen molar-refractivity contribution in [3.8, 4) is 11.8 Å². The Hall–Kier alpha value is -1.87. The monoisotopic (exact) mass is 631 g/mol. The first-order chi connectivity index (χ1) is 14.0. The second-order valence-corrected chi connectivity index (χ2v) is 10.1. The number of phenols is 1. The molecule has 30 heavy (non-hydrogen) atoms. The number of carbonyl (C=O) groups is 2. The van der Waals surface area contributed by atoms with Crippen LogP contribution in [-0.4, -0.2) is 30.0 Å². The van der Waals surface area contributed by atoms with Crippen molar-refractivity contribution in [3.05, 3.63) is 60.2 Å². The third-order valence-corrected chi connectivity index (χ3v) is 6.22. The van der Waals surface area contributed by atoms with E-state index in [0.717, 1.165) is 5.56 Å². The zero-order valence-electron chi connectivity index (χ0n) is 16.9. The van der Waals surface area contributed by atoms with Crippen LogP contribution in [0, 0.1) is 18.5 Å². The van der Waals surface area contributed by atoms with Gasteiger partial charge in [-0.25, -0.2) is 0 Å². The van der Waals surface area contributed by atoms with Crippen molar-refractivity contribution < 1.29 is 14.7 Å². The van der Waals surface area contributed by atoms with Crippen LogP contribution in [0.15, 0.2) is 36.4 Å². The highest BCUT2D eigenvalue weighted by Crippen LogP contribution is 2.30. The van der Waals surface area contributed by atoms with E-state index in [-0.39, 0.29) is 36.1 Å². The molecule has 0 radical (unpaired) electrons. The molecule has 2 rings (SSSR count). The summed E-state index contributed by atoms with van der Waals surface area (Å²) in [5.74, 6) is -1.19. The zero-order chi connectivity index (χ0) is 22.5. The molecule has 2 aromatic carbocycles. The van der Waals surface area contributed by atoms with E-state index in [1.54, 1.807) is 24.3 Å². The SMILES string of the molecule is CC(C)(C)c1ccc(C(=O)NCC(C(=O)NCC#N)c2cc(I)c(O)c(I)c2)cc1. The van der Waals surface area contributed by atoms with Gasteiger partial charge in [0.2, 0.25) is 5.91 Å². The summed E-state index contributed by atoms with van der Waals surface area (Å²) < 4.78 is 1.22. The standard InChI is InChI=1S/C22H23I2N3O3/c1-22(2,3)15-6-4-13(5-7-15)20(29)27-12-16(21(30)26-9-8-25)14-10-17(23)19(28)18(24)11-14/h4-7,10-11,16,28H,9,12H2,1-3H3,(H,26,30)(H,27,29). The zero-order valence-corrected chi connectivity index (χ0v) is 21.2. The number of nitrogens with zero attached hydrogens (tertiary/aromatic N) is 1. The second kappa shape index (κ2) is 10.4. The average molecular weight is 631 g/mol. The summed E-state index contributed by atoms with van der Waals surface area (Å²) in [6.45, 7) is 6.25. The van der Waals surface area contributed by atoms with E-state index in [1.807, 2.05) is 63.4 Å². The van der Waals surface area contributed by atoms with Gasteiger partial charge in [-0.2, -0.15) is 5.26 Å². The normalized spacial score (nSPS) is 12.0. The van der Waals surface area contributed by atoms with Crippen LogP contribution in [0.5, 0.6) is 5.75 Å². The van der Waals surface area contributed by atoms with Crippen LogP contribution in [-0.2, 0) is 10.2 Å². The minimum absolute atomic E-state index is 0.00785. The number of amides is 2. The number of nitrogens with one attached hydrogen (secondary N) is 2. The van der Waals surface area contributed by atoms with Gasteiger partial charge in [0.1, 0.15) is 12.3 Å². The highest BCUT2D eigenvalue weighted by Gasteiger charge is 2.24. The summed E-state index contributed by atoms with van der Waals surface area (Å²) in [5, 5.41) is 24.1. The highest BCUT2D eigenvalue weighted by molar-refractivity contribution is 14.1. The molecule has 1 unspecified atom stereocenters. The molecule has 0 aliphatic rings. The van der Waals surface area contributed by atoms with Crippen LogP contribution in [0.3, 0.4) is 0 Å². The maximum atomic E-state index is 12.6. The first-order valence-corrected chi connectivity index (χ1v) is 11.4. The summed E-state index contributed by atoms with van der Waals surface area (Å²) >= 11 is 3.99. The molecule has 0 aromatic heterocycles. The van der Waals surface area contributed by atoms with Crippen molar-refractivity contribution in [1.82, 2.24) is 10.6 Å². The van der Waals surface area contributed by atoms with E-state index < -0.39 is 5.92 Å². The number of benzene rings is 2. The van der Waals surface area contributed by atoms with Gasteiger partial charge in [0, 0.05) is 12.1 Å². The van der Waals surface area contributed by atoms with Crippen molar-refractivity contribution in [2.45, 2.75) is 32.1 Å². The Kier molecular flexibility index (Phi) is 8.49. The van der Waals surface area contributed by atoms with Crippen LogP contribution in [0.25, 0.3) is 0 Å². The minimum Gasteiger partial charge on any atom is -0.506 e. The number of aromatic hydroxyl groups is 1. The Bertz CT molecular complexity index is 954. The summed E-state index contributed by atoms with van der Waals surface area (Å²) in [7, 11) is 0. The van der Waals surface area contributed by atoms with Crippen molar-refractivity contribution in [2.75, 3.05) is 13.1 Å². The molecule has 0 aliphatic carbocycles. The van der Waals surface area contributed by atoms with E-state index in [1.165, 1.54) is 0 Å². The average Bonchev–Trinajstić information content (AvgIpc) is 2.69. The first-order valence-electron chi connectivity index (χ1n) is 9.26.